The number of carbonyl (C=O) groups is 2. The molecule has 114 valence electrons. The van der Waals surface area contributed by atoms with Gasteiger partial charge in [-0.1, -0.05) is 30.7 Å². The third kappa shape index (κ3) is 4.46. The first-order chi connectivity index (χ1) is 10.1. The van der Waals surface area contributed by atoms with Crippen LogP contribution in [0.3, 0.4) is 0 Å². The zero-order chi connectivity index (χ0) is 15.2. The Labute approximate surface area is 130 Å². The van der Waals surface area contributed by atoms with E-state index in [0.717, 1.165) is 12.0 Å². The third-order valence-electron chi connectivity index (χ3n) is 3.83. The molecule has 1 saturated heterocycles. The lowest BCUT2D eigenvalue weighted by molar-refractivity contribution is -0.139. The fourth-order valence-corrected chi connectivity index (χ4v) is 2.62. The Balaban J connectivity index is 1.77. The van der Waals surface area contributed by atoms with Crippen molar-refractivity contribution < 1.29 is 9.59 Å². The zero-order valence-electron chi connectivity index (χ0n) is 12.3. The van der Waals surface area contributed by atoms with Gasteiger partial charge in [0.2, 0.25) is 11.8 Å². The summed E-state index contributed by atoms with van der Waals surface area (Å²) in [4.78, 5) is 27.5. The first kappa shape index (κ1) is 15.8. The molecular weight excluding hydrogens is 288 g/mol. The lowest BCUT2D eigenvalue weighted by atomic mass is 10.1. The van der Waals surface area contributed by atoms with Crippen LogP contribution in [0.4, 0.5) is 0 Å². The van der Waals surface area contributed by atoms with E-state index in [4.69, 9.17) is 11.6 Å². The van der Waals surface area contributed by atoms with Gasteiger partial charge in [-0.2, -0.15) is 0 Å². The molecule has 0 radical (unpaired) electrons. The number of halogens is 1. The average Bonchev–Trinajstić information content (AvgIpc) is 2.53. The number of benzene rings is 1. The van der Waals surface area contributed by atoms with Crippen LogP contribution >= 0.6 is 11.6 Å². The molecule has 1 aliphatic heterocycles. The van der Waals surface area contributed by atoms with Crippen LogP contribution in [0.25, 0.3) is 0 Å². The standard InChI is InChI=1S/C16H21ClN2O2/c1-2-15(20)18-9-11-19(12-10-18)16(21)8-5-13-3-6-14(17)7-4-13/h3-4,6-7H,2,5,8-12H2,1H3. The van der Waals surface area contributed by atoms with Crippen molar-refractivity contribution in [3.63, 3.8) is 0 Å². The van der Waals surface area contributed by atoms with Gasteiger partial charge in [0.15, 0.2) is 0 Å². The Morgan fingerprint density at radius 3 is 2.05 bits per heavy atom. The number of carbonyl (C=O) groups excluding carboxylic acids is 2. The fraction of sp³-hybridized carbons (Fsp3) is 0.500. The SMILES string of the molecule is CCC(=O)N1CCN(C(=O)CCc2ccc(Cl)cc2)CC1. The summed E-state index contributed by atoms with van der Waals surface area (Å²) in [6, 6.07) is 7.59. The summed E-state index contributed by atoms with van der Waals surface area (Å²) in [6.07, 6.45) is 1.76. The average molecular weight is 309 g/mol. The second-order valence-electron chi connectivity index (χ2n) is 5.24. The molecule has 2 rings (SSSR count). The van der Waals surface area contributed by atoms with E-state index in [1.807, 2.05) is 41.0 Å². The van der Waals surface area contributed by atoms with E-state index >= 15 is 0 Å². The predicted octanol–water partition coefficient (Wildman–Crippen LogP) is 2.35. The van der Waals surface area contributed by atoms with Crippen molar-refractivity contribution in [2.75, 3.05) is 26.2 Å². The molecule has 21 heavy (non-hydrogen) atoms. The molecule has 0 spiro atoms. The van der Waals surface area contributed by atoms with Gasteiger partial charge in [0.1, 0.15) is 0 Å². The lowest BCUT2D eigenvalue weighted by Crippen LogP contribution is -2.50. The van der Waals surface area contributed by atoms with Crippen molar-refractivity contribution in [3.8, 4) is 0 Å². The van der Waals surface area contributed by atoms with Gasteiger partial charge in [0, 0.05) is 44.0 Å². The number of amides is 2. The van der Waals surface area contributed by atoms with Gasteiger partial charge in [-0.15, -0.1) is 0 Å². The van der Waals surface area contributed by atoms with Crippen molar-refractivity contribution in [2.24, 2.45) is 0 Å². The van der Waals surface area contributed by atoms with Crippen LogP contribution in [-0.2, 0) is 16.0 Å². The third-order valence-corrected chi connectivity index (χ3v) is 4.08. The van der Waals surface area contributed by atoms with Crippen molar-refractivity contribution >= 4 is 23.4 Å². The molecule has 4 nitrogen and oxygen atoms in total. The minimum absolute atomic E-state index is 0.161. The topological polar surface area (TPSA) is 40.6 Å². The van der Waals surface area contributed by atoms with Crippen molar-refractivity contribution in [1.29, 1.82) is 0 Å². The Kier molecular flexibility index (Phi) is 5.62. The van der Waals surface area contributed by atoms with Crippen LogP contribution in [0.5, 0.6) is 0 Å². The normalized spacial score (nSPS) is 15.1. The predicted molar refractivity (Wildman–Crippen MR) is 83.2 cm³/mol. The molecule has 0 unspecified atom stereocenters. The molecule has 0 atom stereocenters. The monoisotopic (exact) mass is 308 g/mol. The summed E-state index contributed by atoms with van der Waals surface area (Å²) in [6.45, 7) is 4.46. The zero-order valence-corrected chi connectivity index (χ0v) is 13.1. The molecule has 0 saturated carbocycles. The number of rotatable bonds is 4. The summed E-state index contributed by atoms with van der Waals surface area (Å²) in [7, 11) is 0. The van der Waals surface area contributed by atoms with Gasteiger partial charge < -0.3 is 9.80 Å². The van der Waals surface area contributed by atoms with E-state index in [9.17, 15) is 9.59 Å². The molecule has 0 aliphatic carbocycles. The molecule has 1 fully saturated rings. The summed E-state index contributed by atoms with van der Waals surface area (Å²) in [5.74, 6) is 0.330. The Bertz CT molecular complexity index is 494. The number of hydrogen-bond donors (Lipinski definition) is 0. The van der Waals surface area contributed by atoms with Gasteiger partial charge >= 0.3 is 0 Å². The van der Waals surface area contributed by atoms with Gasteiger partial charge in [0.05, 0.1) is 0 Å². The Morgan fingerprint density at radius 1 is 1.00 bits per heavy atom. The van der Waals surface area contributed by atoms with E-state index in [2.05, 4.69) is 0 Å². The molecule has 1 heterocycles. The van der Waals surface area contributed by atoms with Crippen LogP contribution in [0.2, 0.25) is 5.02 Å². The highest BCUT2D eigenvalue weighted by Crippen LogP contribution is 2.12. The second kappa shape index (κ2) is 7.46. The van der Waals surface area contributed by atoms with Gasteiger partial charge in [-0.3, -0.25) is 9.59 Å². The molecular formula is C16H21ClN2O2. The van der Waals surface area contributed by atoms with E-state index in [1.54, 1.807) is 0 Å². The van der Waals surface area contributed by atoms with E-state index < -0.39 is 0 Å². The molecule has 1 aromatic carbocycles. The smallest absolute Gasteiger partial charge is 0.223 e. The van der Waals surface area contributed by atoms with Crippen molar-refractivity contribution in [1.82, 2.24) is 9.80 Å². The van der Waals surface area contributed by atoms with Crippen LogP contribution in [0.1, 0.15) is 25.3 Å². The van der Waals surface area contributed by atoms with Crippen LogP contribution < -0.4 is 0 Å². The first-order valence-corrected chi connectivity index (χ1v) is 7.78. The van der Waals surface area contributed by atoms with E-state index in [1.165, 1.54) is 0 Å². The fourth-order valence-electron chi connectivity index (χ4n) is 2.49. The Morgan fingerprint density at radius 2 is 1.52 bits per heavy atom. The van der Waals surface area contributed by atoms with Crippen molar-refractivity contribution in [2.45, 2.75) is 26.2 Å². The highest BCUT2D eigenvalue weighted by molar-refractivity contribution is 6.30. The summed E-state index contributed by atoms with van der Waals surface area (Å²) < 4.78 is 0. The van der Waals surface area contributed by atoms with Crippen LogP contribution in [-0.4, -0.2) is 47.8 Å². The second-order valence-corrected chi connectivity index (χ2v) is 5.68. The molecule has 5 heteroatoms. The molecule has 0 N–H and O–H groups in total. The lowest BCUT2D eigenvalue weighted by Gasteiger charge is -2.34. The van der Waals surface area contributed by atoms with Gasteiger partial charge in [-0.25, -0.2) is 0 Å². The molecule has 1 aliphatic rings. The number of piperazine rings is 1. The van der Waals surface area contributed by atoms with Gasteiger partial charge in [0.25, 0.3) is 0 Å². The first-order valence-electron chi connectivity index (χ1n) is 7.40. The van der Waals surface area contributed by atoms with Crippen LogP contribution in [0.15, 0.2) is 24.3 Å². The number of hydrogen-bond acceptors (Lipinski definition) is 2. The van der Waals surface area contributed by atoms with Crippen LogP contribution in [0, 0.1) is 0 Å². The molecule has 2 amide bonds. The molecule has 0 bridgehead atoms. The maximum atomic E-state index is 12.2. The highest BCUT2D eigenvalue weighted by Gasteiger charge is 2.22. The summed E-state index contributed by atoms with van der Waals surface area (Å²) in [5.41, 5.74) is 1.12. The van der Waals surface area contributed by atoms with E-state index in [-0.39, 0.29) is 11.8 Å². The summed E-state index contributed by atoms with van der Waals surface area (Å²) >= 11 is 5.84. The minimum atomic E-state index is 0.161. The maximum absolute atomic E-state index is 12.2. The molecule has 0 aromatic heterocycles. The highest BCUT2D eigenvalue weighted by atomic mass is 35.5. The largest absolute Gasteiger partial charge is 0.339 e. The van der Waals surface area contributed by atoms with Gasteiger partial charge in [-0.05, 0) is 24.1 Å². The number of aryl methyl sites for hydroxylation is 1. The van der Waals surface area contributed by atoms with Crippen molar-refractivity contribution in [3.05, 3.63) is 34.9 Å². The number of nitrogens with zero attached hydrogens (tertiary/aromatic N) is 2. The minimum Gasteiger partial charge on any atom is -0.339 e. The maximum Gasteiger partial charge on any atom is 0.223 e. The van der Waals surface area contributed by atoms with E-state index in [0.29, 0.717) is 44.0 Å². The summed E-state index contributed by atoms with van der Waals surface area (Å²) in [5, 5.41) is 0.710. The Hall–Kier alpha value is -1.55. The molecule has 1 aromatic rings. The quantitative estimate of drug-likeness (QED) is 0.856.